The van der Waals surface area contributed by atoms with E-state index >= 15 is 0 Å². The van der Waals surface area contributed by atoms with Crippen molar-refractivity contribution in [1.29, 1.82) is 0 Å². The highest BCUT2D eigenvalue weighted by atomic mass is 19.3. The number of nitrogens with one attached hydrogen (secondary N) is 2. The van der Waals surface area contributed by atoms with Gasteiger partial charge in [0.25, 0.3) is 12.9 Å². The monoisotopic (exact) mass is 487 g/mol. The van der Waals surface area contributed by atoms with Crippen molar-refractivity contribution in [2.24, 2.45) is 0 Å². The number of alkyl halides is 2. The average Bonchev–Trinajstić information content (AvgIpc) is 3.41. The van der Waals surface area contributed by atoms with Crippen LogP contribution in [0.3, 0.4) is 0 Å². The Morgan fingerprint density at radius 2 is 2.11 bits per heavy atom. The number of fused-ring (bicyclic) bond motifs is 2. The zero-order valence-corrected chi connectivity index (χ0v) is 19.4. The molecule has 1 fully saturated rings. The first kappa shape index (κ1) is 24.3. The lowest BCUT2D eigenvalue weighted by Crippen LogP contribution is -2.49. The quantitative estimate of drug-likeness (QED) is 0.487. The van der Waals surface area contributed by atoms with E-state index < -0.39 is 12.5 Å². The van der Waals surface area contributed by atoms with E-state index in [4.69, 9.17) is 9.90 Å². The van der Waals surface area contributed by atoms with E-state index in [1.807, 2.05) is 6.07 Å². The second kappa shape index (κ2) is 10.2. The summed E-state index contributed by atoms with van der Waals surface area (Å²) in [7, 11) is 0. The third-order valence-electron chi connectivity index (χ3n) is 6.03. The molecule has 10 nitrogen and oxygen atoms in total. The molecule has 0 saturated carbocycles. The number of rotatable bonds is 3. The molecule has 0 radical (unpaired) electrons. The summed E-state index contributed by atoms with van der Waals surface area (Å²) in [6, 6.07) is 3.21. The van der Waals surface area contributed by atoms with E-state index in [1.54, 1.807) is 23.7 Å². The van der Waals surface area contributed by atoms with E-state index in [0.29, 0.717) is 36.2 Å². The molecule has 3 aromatic rings. The minimum Gasteiger partial charge on any atom is -0.483 e. The number of urea groups is 1. The van der Waals surface area contributed by atoms with E-state index in [2.05, 4.69) is 32.4 Å². The number of carbonyl (C=O) groups excluding carboxylic acids is 1. The molecule has 2 aliphatic rings. The van der Waals surface area contributed by atoms with Crippen LogP contribution in [0.15, 0.2) is 30.7 Å². The number of aromatic nitrogens is 3. The highest BCUT2D eigenvalue weighted by molar-refractivity contribution is 6.03. The van der Waals surface area contributed by atoms with Gasteiger partial charge in [0.1, 0.15) is 11.5 Å². The van der Waals surface area contributed by atoms with Gasteiger partial charge in [-0.1, -0.05) is 0 Å². The number of carbonyl (C=O) groups is 2. The molecule has 0 spiro atoms. The Morgan fingerprint density at radius 1 is 1.34 bits per heavy atom. The number of nitrogens with zero attached hydrogens (tertiary/aromatic N) is 5. The lowest BCUT2D eigenvalue weighted by atomic mass is 10.1. The van der Waals surface area contributed by atoms with Crippen LogP contribution < -0.4 is 20.4 Å². The SMILES string of the molecule is Cc1cn2cc(NC(=O)N3CCc4c(N5CCN[C@@H](C)C5)ccnc43)c(C(F)F)cc2n1.O=CO. The molecule has 3 N–H and O–H groups in total. The first-order valence-corrected chi connectivity index (χ1v) is 11.2. The van der Waals surface area contributed by atoms with Crippen LogP contribution in [-0.2, 0) is 11.2 Å². The first-order chi connectivity index (χ1) is 16.8. The first-order valence-electron chi connectivity index (χ1n) is 11.2. The number of carboxylic acid groups (broad SMARTS) is 1. The minimum atomic E-state index is -2.74. The summed E-state index contributed by atoms with van der Waals surface area (Å²) in [5, 5.41) is 13.0. The smallest absolute Gasteiger partial charge is 0.327 e. The van der Waals surface area contributed by atoms with E-state index in [0.717, 1.165) is 30.9 Å². The number of aryl methyl sites for hydroxylation is 1. The molecule has 3 aromatic heterocycles. The van der Waals surface area contributed by atoms with Crippen LogP contribution in [0.25, 0.3) is 5.65 Å². The van der Waals surface area contributed by atoms with Crippen LogP contribution in [0, 0.1) is 6.92 Å². The number of hydrogen-bond acceptors (Lipinski definition) is 6. The lowest BCUT2D eigenvalue weighted by Gasteiger charge is -2.34. The van der Waals surface area contributed by atoms with Crippen LogP contribution in [0.2, 0.25) is 0 Å². The Labute approximate surface area is 200 Å². The van der Waals surface area contributed by atoms with Gasteiger partial charge in [0, 0.05) is 67.6 Å². The topological polar surface area (TPSA) is 115 Å². The molecule has 1 saturated heterocycles. The highest BCUT2D eigenvalue weighted by Gasteiger charge is 2.31. The molecule has 5 rings (SSSR count). The Balaban J connectivity index is 0.000000917. The molecule has 0 unspecified atom stereocenters. The highest BCUT2D eigenvalue weighted by Crippen LogP contribution is 2.35. The predicted molar refractivity (Wildman–Crippen MR) is 128 cm³/mol. The molecule has 0 aromatic carbocycles. The van der Waals surface area contributed by atoms with Crippen LogP contribution >= 0.6 is 0 Å². The molecule has 186 valence electrons. The zero-order chi connectivity index (χ0) is 25.1. The average molecular weight is 488 g/mol. The summed E-state index contributed by atoms with van der Waals surface area (Å²) in [5.74, 6) is 0.587. The predicted octanol–water partition coefficient (Wildman–Crippen LogP) is 3.07. The van der Waals surface area contributed by atoms with Crippen molar-refractivity contribution in [1.82, 2.24) is 19.7 Å². The van der Waals surface area contributed by atoms with E-state index in [-0.39, 0.29) is 17.7 Å². The number of anilines is 3. The summed E-state index contributed by atoms with van der Waals surface area (Å²) in [6.07, 6.45) is 2.85. The molecule has 0 bridgehead atoms. The largest absolute Gasteiger partial charge is 0.483 e. The van der Waals surface area contributed by atoms with Crippen LogP contribution in [0.4, 0.5) is 30.8 Å². The fourth-order valence-electron chi connectivity index (χ4n) is 4.56. The maximum atomic E-state index is 13.7. The zero-order valence-electron chi connectivity index (χ0n) is 19.4. The molecule has 5 heterocycles. The maximum Gasteiger partial charge on any atom is 0.327 e. The normalized spacial score (nSPS) is 17.2. The number of imidazole rings is 1. The lowest BCUT2D eigenvalue weighted by molar-refractivity contribution is -0.122. The fourth-order valence-corrected chi connectivity index (χ4v) is 4.56. The summed E-state index contributed by atoms with van der Waals surface area (Å²) in [5.41, 5.74) is 3.04. The van der Waals surface area contributed by atoms with Crippen molar-refractivity contribution in [2.75, 3.05) is 41.3 Å². The van der Waals surface area contributed by atoms with Gasteiger partial charge in [0.15, 0.2) is 0 Å². The Hall–Kier alpha value is -3.80. The molecule has 1 atom stereocenters. The molecular formula is C23H27F2N7O3. The summed E-state index contributed by atoms with van der Waals surface area (Å²) in [4.78, 5) is 34.0. The van der Waals surface area contributed by atoms with Gasteiger partial charge in [-0.3, -0.25) is 9.69 Å². The van der Waals surface area contributed by atoms with Crippen molar-refractivity contribution in [3.05, 3.63) is 47.5 Å². The minimum absolute atomic E-state index is 0.0652. The summed E-state index contributed by atoms with van der Waals surface area (Å²) >= 11 is 0. The van der Waals surface area contributed by atoms with Crippen LogP contribution in [-0.4, -0.2) is 64.2 Å². The van der Waals surface area contributed by atoms with Gasteiger partial charge >= 0.3 is 6.03 Å². The summed E-state index contributed by atoms with van der Waals surface area (Å²) in [6.45, 7) is 6.79. The third-order valence-corrected chi connectivity index (χ3v) is 6.03. The Kier molecular flexibility index (Phi) is 7.10. The molecule has 35 heavy (non-hydrogen) atoms. The van der Waals surface area contributed by atoms with Gasteiger partial charge in [0.2, 0.25) is 0 Å². The van der Waals surface area contributed by atoms with Gasteiger partial charge < -0.3 is 25.0 Å². The Bertz CT molecular complexity index is 1230. The second-order valence-electron chi connectivity index (χ2n) is 8.46. The van der Waals surface area contributed by atoms with Crippen LogP contribution in [0.1, 0.15) is 30.2 Å². The van der Waals surface area contributed by atoms with Gasteiger partial charge in [-0.25, -0.2) is 23.5 Å². The van der Waals surface area contributed by atoms with Crippen molar-refractivity contribution in [2.45, 2.75) is 32.7 Å². The van der Waals surface area contributed by atoms with Gasteiger partial charge in [-0.05, 0) is 32.4 Å². The van der Waals surface area contributed by atoms with Crippen LogP contribution in [0.5, 0.6) is 0 Å². The number of amides is 2. The molecule has 2 aliphatic heterocycles. The molecule has 2 amide bonds. The van der Waals surface area contributed by atoms with Crippen molar-refractivity contribution in [3.8, 4) is 0 Å². The maximum absolute atomic E-state index is 13.7. The van der Waals surface area contributed by atoms with Crippen molar-refractivity contribution < 1.29 is 23.5 Å². The molecular weight excluding hydrogens is 460 g/mol. The number of piperazine rings is 1. The Morgan fingerprint density at radius 3 is 2.83 bits per heavy atom. The standard InChI is InChI=1S/C22H25F2N7O.CH2O2/c1-13-10-29(8-6-25-13)18-3-5-26-21-15(18)4-7-31(21)22(32)28-17-12-30-11-14(2)27-19(30)9-16(17)20(23)24;2-1-3/h3,5,9,11-13,20,25H,4,6-8,10H2,1-2H3,(H,28,32);1H,(H,2,3)/t13-;/m0./s1. The summed E-state index contributed by atoms with van der Waals surface area (Å²) < 4.78 is 29.0. The number of hydrogen-bond donors (Lipinski definition) is 3. The van der Waals surface area contributed by atoms with E-state index in [1.165, 1.54) is 17.2 Å². The molecule has 0 aliphatic carbocycles. The van der Waals surface area contributed by atoms with Gasteiger partial charge in [-0.2, -0.15) is 0 Å². The number of halogens is 2. The fraction of sp³-hybridized carbons (Fsp3) is 0.391. The van der Waals surface area contributed by atoms with E-state index in [9.17, 15) is 13.6 Å². The van der Waals surface area contributed by atoms with Crippen molar-refractivity contribution in [3.63, 3.8) is 0 Å². The molecule has 12 heteroatoms. The van der Waals surface area contributed by atoms with Gasteiger partial charge in [0.05, 0.1) is 11.4 Å². The third kappa shape index (κ3) is 5.02. The number of pyridine rings is 2. The van der Waals surface area contributed by atoms with Crippen molar-refractivity contribution >= 4 is 35.3 Å². The van der Waals surface area contributed by atoms with Gasteiger partial charge in [-0.15, -0.1) is 0 Å². The second-order valence-corrected chi connectivity index (χ2v) is 8.46.